The van der Waals surface area contributed by atoms with Crippen molar-refractivity contribution in [1.82, 2.24) is 0 Å². The van der Waals surface area contributed by atoms with Crippen LogP contribution < -0.4 is 10.6 Å². The van der Waals surface area contributed by atoms with Crippen LogP contribution in [0.5, 0.6) is 0 Å². The molecule has 0 saturated carbocycles. The summed E-state index contributed by atoms with van der Waals surface area (Å²) in [6.07, 6.45) is 0. The predicted octanol–water partition coefficient (Wildman–Crippen LogP) is 5.56. The van der Waals surface area contributed by atoms with Gasteiger partial charge in [-0.05, 0) is 42.6 Å². The fourth-order valence-electron chi connectivity index (χ4n) is 3.42. The van der Waals surface area contributed by atoms with Crippen molar-refractivity contribution in [2.24, 2.45) is 0 Å². The first-order chi connectivity index (χ1) is 15.4. The number of amides is 2. The quantitative estimate of drug-likeness (QED) is 0.323. The van der Waals surface area contributed by atoms with Gasteiger partial charge in [0.15, 0.2) is 0 Å². The Morgan fingerprint density at radius 1 is 0.781 bits per heavy atom. The lowest BCUT2D eigenvalue weighted by Gasteiger charge is -2.10. The first-order valence-electron chi connectivity index (χ1n) is 9.88. The molecule has 0 aromatic heterocycles. The van der Waals surface area contributed by atoms with E-state index in [1.54, 1.807) is 31.2 Å². The summed E-state index contributed by atoms with van der Waals surface area (Å²) >= 11 is 0. The van der Waals surface area contributed by atoms with Crippen molar-refractivity contribution in [1.29, 1.82) is 0 Å². The van der Waals surface area contributed by atoms with Gasteiger partial charge in [-0.15, -0.1) is 0 Å². The number of nitro groups is 1. The fourth-order valence-corrected chi connectivity index (χ4v) is 3.42. The second-order valence-electron chi connectivity index (χ2n) is 7.27. The molecular weight excluding hydrogens is 406 g/mol. The first-order valence-corrected chi connectivity index (χ1v) is 9.88. The van der Waals surface area contributed by atoms with Gasteiger partial charge in [-0.2, -0.15) is 0 Å². The number of hydrogen-bond acceptors (Lipinski definition) is 4. The Kier molecular flexibility index (Phi) is 5.63. The number of fused-ring (bicyclic) bond motifs is 1. The molecule has 4 aromatic carbocycles. The van der Waals surface area contributed by atoms with Crippen LogP contribution in [0.3, 0.4) is 0 Å². The molecule has 4 aromatic rings. The molecule has 158 valence electrons. The Morgan fingerprint density at radius 2 is 1.47 bits per heavy atom. The topological polar surface area (TPSA) is 101 Å². The summed E-state index contributed by atoms with van der Waals surface area (Å²) in [6.45, 7) is 1.61. The molecular formula is C25H19N3O4. The van der Waals surface area contributed by atoms with E-state index in [0.717, 1.165) is 10.8 Å². The highest BCUT2D eigenvalue weighted by molar-refractivity contribution is 6.10. The fraction of sp³-hybridized carbons (Fsp3) is 0.0400. The Morgan fingerprint density at radius 3 is 2.28 bits per heavy atom. The summed E-state index contributed by atoms with van der Waals surface area (Å²) in [6, 6.07) is 24.2. The van der Waals surface area contributed by atoms with E-state index < -0.39 is 10.8 Å². The van der Waals surface area contributed by atoms with Crippen LogP contribution in [0.2, 0.25) is 0 Å². The van der Waals surface area contributed by atoms with E-state index in [1.807, 2.05) is 42.5 Å². The summed E-state index contributed by atoms with van der Waals surface area (Å²) in [4.78, 5) is 36.0. The summed E-state index contributed by atoms with van der Waals surface area (Å²) in [5.74, 6) is -0.817. The van der Waals surface area contributed by atoms with Gasteiger partial charge in [0.25, 0.3) is 17.5 Å². The first kappa shape index (κ1) is 20.7. The number of rotatable bonds is 5. The van der Waals surface area contributed by atoms with E-state index in [9.17, 15) is 19.7 Å². The summed E-state index contributed by atoms with van der Waals surface area (Å²) in [5, 5.41) is 18.7. The standard InChI is InChI=1S/C25H19N3O4/c1-16-12-13-19(15-23(16)28(31)32)24(29)26-20-9-4-8-18(14-20)25(30)27-22-11-5-7-17-6-2-3-10-21(17)22/h2-15H,1H3,(H,26,29)(H,27,30). The van der Waals surface area contributed by atoms with Crippen LogP contribution in [0, 0.1) is 17.0 Å². The van der Waals surface area contributed by atoms with Gasteiger partial charge in [0.2, 0.25) is 0 Å². The van der Waals surface area contributed by atoms with E-state index in [2.05, 4.69) is 10.6 Å². The zero-order valence-corrected chi connectivity index (χ0v) is 17.2. The normalized spacial score (nSPS) is 10.5. The molecule has 0 spiro atoms. The second kappa shape index (κ2) is 8.69. The van der Waals surface area contributed by atoms with Crippen LogP contribution in [0.15, 0.2) is 84.9 Å². The Bertz CT molecular complexity index is 1360. The highest BCUT2D eigenvalue weighted by Gasteiger charge is 2.16. The number of nitrogens with zero attached hydrogens (tertiary/aromatic N) is 1. The maximum absolute atomic E-state index is 12.8. The lowest BCUT2D eigenvalue weighted by atomic mass is 10.1. The maximum Gasteiger partial charge on any atom is 0.273 e. The number of carbonyl (C=O) groups is 2. The molecule has 4 rings (SSSR count). The number of anilines is 2. The minimum Gasteiger partial charge on any atom is -0.322 e. The van der Waals surface area contributed by atoms with Crippen molar-refractivity contribution < 1.29 is 14.5 Å². The van der Waals surface area contributed by atoms with Crippen molar-refractivity contribution in [2.75, 3.05) is 10.6 Å². The van der Waals surface area contributed by atoms with Crippen molar-refractivity contribution >= 4 is 39.6 Å². The highest BCUT2D eigenvalue weighted by atomic mass is 16.6. The van der Waals surface area contributed by atoms with E-state index in [-0.39, 0.29) is 17.2 Å². The molecule has 0 unspecified atom stereocenters. The lowest BCUT2D eigenvalue weighted by Crippen LogP contribution is -2.15. The van der Waals surface area contributed by atoms with Crippen LogP contribution in [0.1, 0.15) is 26.3 Å². The van der Waals surface area contributed by atoms with Gasteiger partial charge in [0, 0.05) is 39.5 Å². The van der Waals surface area contributed by atoms with Crippen molar-refractivity contribution in [3.8, 4) is 0 Å². The molecule has 0 fully saturated rings. The average Bonchev–Trinajstić information content (AvgIpc) is 2.79. The number of aryl methyl sites for hydroxylation is 1. The smallest absolute Gasteiger partial charge is 0.273 e. The summed E-state index contributed by atoms with van der Waals surface area (Å²) in [7, 11) is 0. The largest absolute Gasteiger partial charge is 0.322 e. The van der Waals surface area contributed by atoms with E-state index in [4.69, 9.17) is 0 Å². The van der Waals surface area contributed by atoms with Gasteiger partial charge in [0.05, 0.1) is 4.92 Å². The zero-order chi connectivity index (χ0) is 22.7. The van der Waals surface area contributed by atoms with Crippen LogP contribution in [-0.4, -0.2) is 16.7 Å². The zero-order valence-electron chi connectivity index (χ0n) is 17.2. The molecule has 0 aliphatic rings. The van der Waals surface area contributed by atoms with Gasteiger partial charge < -0.3 is 10.6 Å². The molecule has 7 heteroatoms. The van der Waals surface area contributed by atoms with Crippen LogP contribution in [-0.2, 0) is 0 Å². The molecule has 2 amide bonds. The van der Waals surface area contributed by atoms with E-state index in [0.29, 0.717) is 22.5 Å². The molecule has 0 bridgehead atoms. The number of nitro benzene ring substituents is 1. The Labute approximate surface area is 183 Å². The van der Waals surface area contributed by atoms with Crippen LogP contribution in [0.25, 0.3) is 10.8 Å². The third-order valence-corrected chi connectivity index (χ3v) is 5.09. The molecule has 0 atom stereocenters. The van der Waals surface area contributed by atoms with Crippen LogP contribution >= 0.6 is 0 Å². The molecule has 0 heterocycles. The number of carbonyl (C=O) groups excluding carboxylic acids is 2. The Balaban J connectivity index is 1.53. The molecule has 0 aliphatic heterocycles. The maximum atomic E-state index is 12.8. The second-order valence-corrected chi connectivity index (χ2v) is 7.27. The SMILES string of the molecule is Cc1ccc(C(=O)Nc2cccc(C(=O)Nc3cccc4ccccc34)c2)cc1[N+](=O)[O-]. The summed E-state index contributed by atoms with van der Waals surface area (Å²) in [5.41, 5.74) is 1.97. The molecule has 0 aliphatic carbocycles. The molecule has 0 saturated heterocycles. The van der Waals surface area contributed by atoms with Gasteiger partial charge in [-0.3, -0.25) is 19.7 Å². The lowest BCUT2D eigenvalue weighted by molar-refractivity contribution is -0.385. The molecule has 2 N–H and O–H groups in total. The monoisotopic (exact) mass is 425 g/mol. The minimum atomic E-state index is -0.523. The Hall–Kier alpha value is -4.52. The predicted molar refractivity (Wildman–Crippen MR) is 124 cm³/mol. The van der Waals surface area contributed by atoms with Crippen LogP contribution in [0.4, 0.5) is 17.1 Å². The van der Waals surface area contributed by atoms with E-state index in [1.165, 1.54) is 18.2 Å². The van der Waals surface area contributed by atoms with Gasteiger partial charge in [-0.1, -0.05) is 48.5 Å². The van der Waals surface area contributed by atoms with E-state index >= 15 is 0 Å². The van der Waals surface area contributed by atoms with Gasteiger partial charge in [0.1, 0.15) is 0 Å². The minimum absolute atomic E-state index is 0.124. The van der Waals surface area contributed by atoms with Gasteiger partial charge >= 0.3 is 0 Å². The third kappa shape index (κ3) is 4.32. The van der Waals surface area contributed by atoms with Crippen molar-refractivity contribution in [3.63, 3.8) is 0 Å². The van der Waals surface area contributed by atoms with Gasteiger partial charge in [-0.25, -0.2) is 0 Å². The molecule has 7 nitrogen and oxygen atoms in total. The highest BCUT2D eigenvalue weighted by Crippen LogP contribution is 2.24. The summed E-state index contributed by atoms with van der Waals surface area (Å²) < 4.78 is 0. The van der Waals surface area contributed by atoms with Crippen molar-refractivity contribution in [2.45, 2.75) is 6.92 Å². The average molecular weight is 425 g/mol. The number of hydrogen-bond donors (Lipinski definition) is 2. The molecule has 32 heavy (non-hydrogen) atoms. The van der Waals surface area contributed by atoms with Crippen molar-refractivity contribution in [3.05, 3.63) is 112 Å². The third-order valence-electron chi connectivity index (χ3n) is 5.09. The molecule has 0 radical (unpaired) electrons. The number of nitrogens with one attached hydrogen (secondary N) is 2. The number of benzene rings is 4.